The van der Waals surface area contributed by atoms with Gasteiger partial charge < -0.3 is 19.9 Å². The van der Waals surface area contributed by atoms with Gasteiger partial charge in [0.25, 0.3) is 5.91 Å². The van der Waals surface area contributed by atoms with Crippen molar-refractivity contribution in [2.45, 2.75) is 6.92 Å². The first-order chi connectivity index (χ1) is 12.6. The van der Waals surface area contributed by atoms with Gasteiger partial charge in [0.15, 0.2) is 6.61 Å². The molecule has 0 saturated carbocycles. The molecule has 2 aromatic carbocycles. The second-order valence-electron chi connectivity index (χ2n) is 6.19. The monoisotopic (exact) mass is 353 g/mol. The molecule has 2 aromatic rings. The number of amides is 2. The minimum Gasteiger partial charge on any atom is -0.484 e. The Morgan fingerprint density at radius 2 is 1.73 bits per heavy atom. The standard InChI is InChI=1S/C20H23N3O3/c1-16(24)22-10-12-23(13-11-22)18-7-5-6-17(14-18)21-20(25)15-26-19-8-3-2-4-9-19/h2-9,14H,10-13,15H2,1H3,(H,21,25). The van der Waals surface area contributed by atoms with Gasteiger partial charge in [-0.25, -0.2) is 0 Å². The molecule has 0 radical (unpaired) electrons. The number of benzene rings is 2. The molecule has 1 saturated heterocycles. The molecule has 6 heteroatoms. The largest absolute Gasteiger partial charge is 0.484 e. The number of carbonyl (C=O) groups excluding carboxylic acids is 2. The summed E-state index contributed by atoms with van der Waals surface area (Å²) in [5.41, 5.74) is 1.77. The van der Waals surface area contributed by atoms with Gasteiger partial charge in [-0.05, 0) is 30.3 Å². The molecule has 0 unspecified atom stereocenters. The van der Waals surface area contributed by atoms with Crippen molar-refractivity contribution < 1.29 is 14.3 Å². The summed E-state index contributed by atoms with van der Waals surface area (Å²) < 4.78 is 5.46. The maximum Gasteiger partial charge on any atom is 0.262 e. The minimum atomic E-state index is -0.201. The number of ether oxygens (including phenoxy) is 1. The Labute approximate surface area is 153 Å². The molecule has 0 aromatic heterocycles. The third-order valence-electron chi connectivity index (χ3n) is 4.33. The van der Waals surface area contributed by atoms with Crippen molar-refractivity contribution in [2.24, 2.45) is 0 Å². The Hall–Kier alpha value is -3.02. The topological polar surface area (TPSA) is 61.9 Å². The van der Waals surface area contributed by atoms with E-state index in [-0.39, 0.29) is 18.4 Å². The van der Waals surface area contributed by atoms with Crippen molar-refractivity contribution in [3.8, 4) is 5.75 Å². The van der Waals surface area contributed by atoms with Crippen LogP contribution in [-0.4, -0.2) is 49.5 Å². The Morgan fingerprint density at radius 1 is 1.00 bits per heavy atom. The van der Waals surface area contributed by atoms with Crippen LogP contribution in [-0.2, 0) is 9.59 Å². The molecule has 1 N–H and O–H groups in total. The summed E-state index contributed by atoms with van der Waals surface area (Å²) in [7, 11) is 0. The molecule has 1 fully saturated rings. The molecular formula is C20H23N3O3. The summed E-state index contributed by atoms with van der Waals surface area (Å²) in [5.74, 6) is 0.580. The van der Waals surface area contributed by atoms with Gasteiger partial charge >= 0.3 is 0 Å². The van der Waals surface area contributed by atoms with Gasteiger partial charge in [-0.15, -0.1) is 0 Å². The molecule has 2 amide bonds. The number of piperazine rings is 1. The van der Waals surface area contributed by atoms with Crippen molar-refractivity contribution in [3.63, 3.8) is 0 Å². The molecule has 0 spiro atoms. The van der Waals surface area contributed by atoms with E-state index in [1.165, 1.54) is 0 Å². The minimum absolute atomic E-state index is 0.0362. The molecule has 1 heterocycles. The lowest BCUT2D eigenvalue weighted by Gasteiger charge is -2.35. The lowest BCUT2D eigenvalue weighted by Crippen LogP contribution is -2.48. The van der Waals surface area contributed by atoms with Crippen molar-refractivity contribution in [2.75, 3.05) is 43.0 Å². The van der Waals surface area contributed by atoms with E-state index in [9.17, 15) is 9.59 Å². The average Bonchev–Trinajstić information content (AvgIpc) is 2.67. The number of rotatable bonds is 5. The van der Waals surface area contributed by atoms with Crippen LogP contribution in [0.1, 0.15) is 6.92 Å². The van der Waals surface area contributed by atoms with Crippen LogP contribution in [0.4, 0.5) is 11.4 Å². The molecule has 0 atom stereocenters. The fourth-order valence-electron chi connectivity index (χ4n) is 2.92. The van der Waals surface area contributed by atoms with Crippen LogP contribution in [0.5, 0.6) is 5.75 Å². The maximum atomic E-state index is 12.1. The van der Waals surface area contributed by atoms with Crippen LogP contribution in [0.3, 0.4) is 0 Å². The highest BCUT2D eigenvalue weighted by Gasteiger charge is 2.19. The second kappa shape index (κ2) is 8.38. The van der Waals surface area contributed by atoms with Crippen LogP contribution in [0.2, 0.25) is 0 Å². The molecular weight excluding hydrogens is 330 g/mol. The van der Waals surface area contributed by atoms with E-state index in [1.54, 1.807) is 6.92 Å². The van der Waals surface area contributed by atoms with Gasteiger partial charge in [-0.1, -0.05) is 24.3 Å². The van der Waals surface area contributed by atoms with E-state index in [2.05, 4.69) is 10.2 Å². The molecule has 3 rings (SSSR count). The first-order valence-electron chi connectivity index (χ1n) is 8.70. The molecule has 0 aliphatic carbocycles. The molecule has 136 valence electrons. The molecule has 0 bridgehead atoms. The van der Waals surface area contributed by atoms with E-state index in [1.807, 2.05) is 59.5 Å². The third-order valence-corrected chi connectivity index (χ3v) is 4.33. The van der Waals surface area contributed by atoms with Gasteiger partial charge in [0.05, 0.1) is 0 Å². The summed E-state index contributed by atoms with van der Waals surface area (Å²) in [6.45, 7) is 4.57. The number of nitrogens with zero attached hydrogens (tertiary/aromatic N) is 2. The van der Waals surface area contributed by atoms with E-state index in [4.69, 9.17) is 4.74 Å². The number of anilines is 2. The fraction of sp³-hybridized carbons (Fsp3) is 0.300. The first-order valence-corrected chi connectivity index (χ1v) is 8.70. The van der Waals surface area contributed by atoms with Gasteiger partial charge in [-0.2, -0.15) is 0 Å². The Kier molecular flexibility index (Phi) is 5.73. The Morgan fingerprint density at radius 3 is 2.42 bits per heavy atom. The molecule has 1 aliphatic rings. The Bertz CT molecular complexity index is 756. The highest BCUT2D eigenvalue weighted by atomic mass is 16.5. The maximum absolute atomic E-state index is 12.1. The first kappa shape index (κ1) is 17.8. The van der Waals surface area contributed by atoms with Crippen molar-refractivity contribution in [3.05, 3.63) is 54.6 Å². The third kappa shape index (κ3) is 4.75. The summed E-state index contributed by atoms with van der Waals surface area (Å²) in [5, 5.41) is 2.86. The summed E-state index contributed by atoms with van der Waals surface area (Å²) in [6, 6.07) is 17.0. The normalized spacial score (nSPS) is 14.0. The molecule has 26 heavy (non-hydrogen) atoms. The number of nitrogens with one attached hydrogen (secondary N) is 1. The van der Waals surface area contributed by atoms with E-state index in [0.717, 1.165) is 37.6 Å². The van der Waals surface area contributed by atoms with Crippen LogP contribution >= 0.6 is 0 Å². The van der Waals surface area contributed by atoms with Crippen molar-refractivity contribution in [1.29, 1.82) is 0 Å². The second-order valence-corrected chi connectivity index (χ2v) is 6.19. The summed E-state index contributed by atoms with van der Waals surface area (Å²) >= 11 is 0. The predicted molar refractivity (Wildman–Crippen MR) is 101 cm³/mol. The zero-order valence-electron chi connectivity index (χ0n) is 14.9. The average molecular weight is 353 g/mol. The van der Waals surface area contributed by atoms with Crippen LogP contribution in [0.25, 0.3) is 0 Å². The van der Waals surface area contributed by atoms with Crippen LogP contribution in [0, 0.1) is 0 Å². The van der Waals surface area contributed by atoms with Gasteiger partial charge in [-0.3, -0.25) is 9.59 Å². The van der Waals surface area contributed by atoms with Gasteiger partial charge in [0.2, 0.25) is 5.91 Å². The van der Waals surface area contributed by atoms with E-state index < -0.39 is 0 Å². The van der Waals surface area contributed by atoms with Crippen LogP contribution < -0.4 is 15.0 Å². The number of carbonyl (C=O) groups is 2. The zero-order chi connectivity index (χ0) is 18.4. The lowest BCUT2D eigenvalue weighted by molar-refractivity contribution is -0.129. The summed E-state index contributed by atoms with van der Waals surface area (Å²) in [4.78, 5) is 27.6. The molecule has 6 nitrogen and oxygen atoms in total. The van der Waals surface area contributed by atoms with Crippen molar-refractivity contribution in [1.82, 2.24) is 4.90 Å². The van der Waals surface area contributed by atoms with Crippen LogP contribution in [0.15, 0.2) is 54.6 Å². The number of hydrogen-bond acceptors (Lipinski definition) is 4. The highest BCUT2D eigenvalue weighted by molar-refractivity contribution is 5.92. The Balaban J connectivity index is 1.54. The smallest absolute Gasteiger partial charge is 0.262 e. The fourth-order valence-corrected chi connectivity index (χ4v) is 2.92. The number of para-hydroxylation sites is 1. The van der Waals surface area contributed by atoms with E-state index >= 15 is 0 Å². The van der Waals surface area contributed by atoms with Crippen molar-refractivity contribution >= 4 is 23.2 Å². The number of hydrogen-bond donors (Lipinski definition) is 1. The highest BCUT2D eigenvalue weighted by Crippen LogP contribution is 2.21. The van der Waals surface area contributed by atoms with Gasteiger partial charge in [0, 0.05) is 44.5 Å². The van der Waals surface area contributed by atoms with E-state index in [0.29, 0.717) is 5.75 Å². The van der Waals surface area contributed by atoms with Gasteiger partial charge in [0.1, 0.15) is 5.75 Å². The quantitative estimate of drug-likeness (QED) is 0.896. The molecule has 1 aliphatic heterocycles. The summed E-state index contributed by atoms with van der Waals surface area (Å²) in [6.07, 6.45) is 0. The lowest BCUT2D eigenvalue weighted by atomic mass is 10.2. The zero-order valence-corrected chi connectivity index (χ0v) is 14.9. The predicted octanol–water partition coefficient (Wildman–Crippen LogP) is 2.37. The SMILES string of the molecule is CC(=O)N1CCN(c2cccc(NC(=O)COc3ccccc3)c2)CC1.